The molecule has 0 heterocycles. The van der Waals surface area contributed by atoms with Gasteiger partial charge in [-0.2, -0.15) is 0 Å². The van der Waals surface area contributed by atoms with Gasteiger partial charge in [-0.1, -0.05) is 45.8 Å². The molecule has 2 nitrogen and oxygen atoms in total. The largest absolute Gasteiger partial charge is 0.392 e. The Morgan fingerprint density at radius 3 is 2.80 bits per heavy atom. The van der Waals surface area contributed by atoms with Crippen LogP contribution in [0.15, 0.2) is 22.7 Å². The number of thiocarbonyl (C=S) groups is 1. The molecule has 0 aliphatic rings. The lowest BCUT2D eigenvalue weighted by molar-refractivity contribution is 0.375. The molecule has 1 rings (SSSR count). The Labute approximate surface area is 109 Å². The number of halogens is 2. The molecule has 0 spiro atoms. The molecule has 0 saturated carbocycles. The van der Waals surface area contributed by atoms with E-state index in [-0.39, 0.29) is 0 Å². The summed E-state index contributed by atoms with van der Waals surface area (Å²) in [5.74, 6) is 0. The van der Waals surface area contributed by atoms with Crippen LogP contribution in [0.1, 0.15) is 5.56 Å². The first-order valence-electron chi connectivity index (χ1n) is 4.40. The molecule has 0 fully saturated rings. The van der Waals surface area contributed by atoms with Crippen molar-refractivity contribution in [3.05, 3.63) is 33.3 Å². The van der Waals surface area contributed by atoms with Crippen LogP contribution in [-0.4, -0.2) is 23.5 Å². The minimum atomic E-state index is 0.491. The van der Waals surface area contributed by atoms with E-state index in [1.807, 2.05) is 30.1 Å². The van der Waals surface area contributed by atoms with Crippen LogP contribution in [-0.2, 0) is 6.54 Å². The molecule has 0 unspecified atom stereocenters. The van der Waals surface area contributed by atoms with E-state index in [2.05, 4.69) is 15.9 Å². The van der Waals surface area contributed by atoms with Crippen LogP contribution in [0, 0.1) is 0 Å². The minimum Gasteiger partial charge on any atom is -0.392 e. The van der Waals surface area contributed by atoms with Crippen LogP contribution in [0.2, 0.25) is 5.02 Å². The first-order chi connectivity index (χ1) is 6.99. The molecule has 5 heteroatoms. The van der Waals surface area contributed by atoms with Crippen molar-refractivity contribution in [1.29, 1.82) is 0 Å². The van der Waals surface area contributed by atoms with Crippen LogP contribution < -0.4 is 5.73 Å². The summed E-state index contributed by atoms with van der Waals surface area (Å²) >= 11 is 14.3. The maximum Gasteiger partial charge on any atom is 0.0870 e. The van der Waals surface area contributed by atoms with Gasteiger partial charge in [0.25, 0.3) is 0 Å². The fourth-order valence-electron chi connectivity index (χ4n) is 1.26. The van der Waals surface area contributed by atoms with Crippen molar-refractivity contribution >= 4 is 44.7 Å². The lowest BCUT2D eigenvalue weighted by atomic mass is 10.2. The molecule has 82 valence electrons. The lowest BCUT2D eigenvalue weighted by Crippen LogP contribution is -2.29. The topological polar surface area (TPSA) is 29.3 Å². The van der Waals surface area contributed by atoms with Gasteiger partial charge in [-0.15, -0.1) is 0 Å². The maximum atomic E-state index is 6.09. The van der Waals surface area contributed by atoms with Gasteiger partial charge in [-0.25, -0.2) is 0 Å². The van der Waals surface area contributed by atoms with Gasteiger partial charge < -0.3 is 5.73 Å². The number of hydrogen-bond donors (Lipinski definition) is 1. The zero-order chi connectivity index (χ0) is 11.4. The average Bonchev–Trinajstić information content (AvgIpc) is 2.08. The second-order valence-corrected chi connectivity index (χ2v) is 5.22. The van der Waals surface area contributed by atoms with E-state index >= 15 is 0 Å². The summed E-state index contributed by atoms with van der Waals surface area (Å²) in [6.45, 7) is 1.34. The molecule has 0 amide bonds. The molecule has 0 aliphatic heterocycles. The molecule has 0 bridgehead atoms. The van der Waals surface area contributed by atoms with Crippen LogP contribution in [0.4, 0.5) is 0 Å². The van der Waals surface area contributed by atoms with Gasteiger partial charge in [0.1, 0.15) is 0 Å². The highest BCUT2D eigenvalue weighted by Gasteiger charge is 2.05. The van der Waals surface area contributed by atoms with E-state index in [0.717, 1.165) is 21.6 Å². The quantitative estimate of drug-likeness (QED) is 0.867. The zero-order valence-corrected chi connectivity index (χ0v) is 11.5. The molecular weight excluding hydrogens is 296 g/mol. The van der Waals surface area contributed by atoms with Gasteiger partial charge >= 0.3 is 0 Å². The highest BCUT2D eigenvalue weighted by atomic mass is 79.9. The van der Waals surface area contributed by atoms with E-state index < -0.39 is 0 Å². The lowest BCUT2D eigenvalue weighted by Gasteiger charge is -2.16. The standard InChI is InChI=1S/C10H12BrClN2S/c1-14(6-10(13)15)5-7-2-3-8(11)4-9(7)12/h2-4H,5-6H2,1H3,(H2,13,15). The van der Waals surface area contributed by atoms with Crippen molar-refractivity contribution in [3.63, 3.8) is 0 Å². The van der Waals surface area contributed by atoms with Gasteiger partial charge in [-0.3, -0.25) is 4.90 Å². The van der Waals surface area contributed by atoms with E-state index in [4.69, 9.17) is 29.6 Å². The van der Waals surface area contributed by atoms with Crippen molar-refractivity contribution in [2.45, 2.75) is 6.54 Å². The first kappa shape index (κ1) is 12.9. The number of hydrogen-bond acceptors (Lipinski definition) is 2. The summed E-state index contributed by atoms with van der Waals surface area (Å²) in [5, 5.41) is 0.749. The highest BCUT2D eigenvalue weighted by Crippen LogP contribution is 2.22. The molecular formula is C10H12BrClN2S. The van der Waals surface area contributed by atoms with Crippen molar-refractivity contribution in [3.8, 4) is 0 Å². The van der Waals surface area contributed by atoms with E-state index in [0.29, 0.717) is 11.5 Å². The second kappa shape index (κ2) is 5.80. The van der Waals surface area contributed by atoms with E-state index in [9.17, 15) is 0 Å². The zero-order valence-electron chi connectivity index (χ0n) is 8.34. The fourth-order valence-corrected chi connectivity index (χ4v) is 2.22. The summed E-state index contributed by atoms with van der Waals surface area (Å²) in [4.78, 5) is 2.52. The molecule has 0 atom stereocenters. The van der Waals surface area contributed by atoms with E-state index in [1.54, 1.807) is 0 Å². The predicted molar refractivity (Wildman–Crippen MR) is 72.3 cm³/mol. The Hall–Kier alpha value is -0.160. The summed E-state index contributed by atoms with van der Waals surface area (Å²) < 4.78 is 0.980. The van der Waals surface area contributed by atoms with Gasteiger partial charge in [0.2, 0.25) is 0 Å². The number of nitrogens with two attached hydrogens (primary N) is 1. The van der Waals surface area contributed by atoms with Gasteiger partial charge in [0, 0.05) is 22.6 Å². The summed E-state index contributed by atoms with van der Waals surface area (Å²) in [6, 6.07) is 5.84. The summed E-state index contributed by atoms with van der Waals surface area (Å²) in [5.41, 5.74) is 6.53. The fraction of sp³-hybridized carbons (Fsp3) is 0.300. The molecule has 0 saturated heterocycles. The van der Waals surface area contributed by atoms with Crippen molar-refractivity contribution in [2.24, 2.45) is 5.73 Å². The highest BCUT2D eigenvalue weighted by molar-refractivity contribution is 9.10. The Balaban J connectivity index is 2.68. The van der Waals surface area contributed by atoms with Crippen LogP contribution in [0.5, 0.6) is 0 Å². The molecule has 1 aromatic rings. The third-order valence-corrected chi connectivity index (χ3v) is 2.86. The number of benzene rings is 1. The monoisotopic (exact) mass is 306 g/mol. The minimum absolute atomic E-state index is 0.491. The normalized spacial score (nSPS) is 10.7. The van der Waals surface area contributed by atoms with Crippen molar-refractivity contribution in [2.75, 3.05) is 13.6 Å². The van der Waals surface area contributed by atoms with E-state index in [1.165, 1.54) is 0 Å². The molecule has 2 N–H and O–H groups in total. The van der Waals surface area contributed by atoms with Crippen LogP contribution in [0.25, 0.3) is 0 Å². The van der Waals surface area contributed by atoms with Crippen LogP contribution in [0.3, 0.4) is 0 Å². The molecule has 0 aliphatic carbocycles. The molecule has 1 aromatic carbocycles. The summed E-state index contributed by atoms with van der Waals surface area (Å²) in [7, 11) is 1.96. The third-order valence-electron chi connectivity index (χ3n) is 1.88. The predicted octanol–water partition coefficient (Wildman–Crippen LogP) is 2.82. The Kier molecular flexibility index (Phi) is 4.99. The summed E-state index contributed by atoms with van der Waals surface area (Å²) in [6.07, 6.45) is 0. The number of nitrogens with zero attached hydrogens (tertiary/aromatic N) is 1. The smallest absolute Gasteiger partial charge is 0.0870 e. The molecule has 0 radical (unpaired) electrons. The van der Waals surface area contributed by atoms with Gasteiger partial charge in [-0.05, 0) is 24.7 Å². The first-order valence-corrected chi connectivity index (χ1v) is 5.97. The molecule has 0 aromatic heterocycles. The Morgan fingerprint density at radius 2 is 2.27 bits per heavy atom. The van der Waals surface area contributed by atoms with Gasteiger partial charge in [0.05, 0.1) is 4.99 Å². The average molecular weight is 308 g/mol. The van der Waals surface area contributed by atoms with Crippen molar-refractivity contribution in [1.82, 2.24) is 4.90 Å². The Bertz CT molecular complexity index is 370. The number of rotatable bonds is 4. The second-order valence-electron chi connectivity index (χ2n) is 3.37. The Morgan fingerprint density at radius 1 is 1.60 bits per heavy atom. The third kappa shape index (κ3) is 4.47. The molecule has 15 heavy (non-hydrogen) atoms. The van der Waals surface area contributed by atoms with Gasteiger partial charge in [0.15, 0.2) is 0 Å². The maximum absolute atomic E-state index is 6.09. The van der Waals surface area contributed by atoms with Crippen LogP contribution >= 0.6 is 39.7 Å². The SMILES string of the molecule is CN(CC(N)=S)Cc1ccc(Br)cc1Cl. The number of likely N-dealkylation sites (N-methyl/N-ethyl adjacent to an activating group) is 1. The van der Waals surface area contributed by atoms with Crippen molar-refractivity contribution < 1.29 is 0 Å².